The Morgan fingerprint density at radius 1 is 1.14 bits per heavy atom. The number of sulfonamides is 1. The van der Waals surface area contributed by atoms with Crippen molar-refractivity contribution in [1.29, 1.82) is 0 Å². The Morgan fingerprint density at radius 3 is 2.66 bits per heavy atom. The maximum atomic E-state index is 13.1. The van der Waals surface area contributed by atoms with Crippen molar-refractivity contribution in [1.82, 2.24) is 19.7 Å². The van der Waals surface area contributed by atoms with Crippen LogP contribution < -0.4 is 14.9 Å². The van der Waals surface area contributed by atoms with Crippen LogP contribution in [0.1, 0.15) is 52.9 Å². The van der Waals surface area contributed by atoms with E-state index in [1.54, 1.807) is 36.7 Å². The quantitative estimate of drug-likeness (QED) is 0.492. The highest BCUT2D eigenvalue weighted by Gasteiger charge is 2.39. The Kier molecular flexibility index (Phi) is 6.75. The fourth-order valence-electron chi connectivity index (χ4n) is 4.51. The van der Waals surface area contributed by atoms with Gasteiger partial charge in [-0.25, -0.2) is 19.7 Å². The molecule has 1 aliphatic heterocycles. The first-order valence-electron chi connectivity index (χ1n) is 11.6. The SMILES string of the molecule is CCc1ccnc(Nc2cccc(S(=O)(=O)NC(=O)c3cccnc3N3CC(C)CC3(C)C)n2)c1.[HH].[HH]. The van der Waals surface area contributed by atoms with Gasteiger partial charge in [0, 0.05) is 27.3 Å². The lowest BCUT2D eigenvalue weighted by molar-refractivity contribution is 0.0981. The Balaban J connectivity index is 0.00000241. The van der Waals surface area contributed by atoms with Crippen LogP contribution in [0.15, 0.2) is 59.9 Å². The number of carbonyl (C=O) groups excluding carboxylic acids is 1. The van der Waals surface area contributed by atoms with Crippen molar-refractivity contribution >= 4 is 33.4 Å². The molecule has 9 nitrogen and oxygen atoms in total. The van der Waals surface area contributed by atoms with E-state index in [4.69, 9.17) is 0 Å². The predicted octanol–water partition coefficient (Wildman–Crippen LogP) is 4.41. The third-order valence-corrected chi connectivity index (χ3v) is 7.31. The Morgan fingerprint density at radius 2 is 1.94 bits per heavy atom. The van der Waals surface area contributed by atoms with Crippen molar-refractivity contribution in [2.45, 2.75) is 51.1 Å². The van der Waals surface area contributed by atoms with E-state index in [2.05, 4.69) is 50.7 Å². The van der Waals surface area contributed by atoms with Crippen LogP contribution in [0.5, 0.6) is 0 Å². The van der Waals surface area contributed by atoms with E-state index < -0.39 is 15.9 Å². The second kappa shape index (κ2) is 9.61. The molecule has 0 aliphatic carbocycles. The van der Waals surface area contributed by atoms with E-state index >= 15 is 0 Å². The van der Waals surface area contributed by atoms with Crippen LogP contribution in [-0.2, 0) is 16.4 Å². The van der Waals surface area contributed by atoms with Gasteiger partial charge in [0.25, 0.3) is 15.9 Å². The third-order valence-electron chi connectivity index (χ3n) is 6.07. The molecule has 0 saturated carbocycles. The summed E-state index contributed by atoms with van der Waals surface area (Å²) in [4.78, 5) is 28.1. The van der Waals surface area contributed by atoms with Gasteiger partial charge in [-0.05, 0) is 74.6 Å². The average molecular weight is 499 g/mol. The molecule has 2 N–H and O–H groups in total. The number of rotatable bonds is 7. The van der Waals surface area contributed by atoms with E-state index in [1.807, 2.05) is 19.1 Å². The Bertz CT molecular complexity index is 1350. The summed E-state index contributed by atoms with van der Waals surface area (Å²) in [5.74, 6) is 1.01. The molecule has 1 aliphatic rings. The summed E-state index contributed by atoms with van der Waals surface area (Å²) in [5.41, 5.74) is 1.08. The summed E-state index contributed by atoms with van der Waals surface area (Å²) in [6.07, 6.45) is 5.07. The summed E-state index contributed by atoms with van der Waals surface area (Å²) in [6.45, 7) is 9.11. The molecule has 188 valence electrons. The fraction of sp³-hybridized carbons (Fsp3) is 0.360. The number of nitrogens with one attached hydrogen (secondary N) is 2. The molecule has 0 radical (unpaired) electrons. The van der Waals surface area contributed by atoms with E-state index in [0.717, 1.165) is 24.9 Å². The molecule has 1 saturated heterocycles. The molecule has 1 unspecified atom stereocenters. The first-order valence-corrected chi connectivity index (χ1v) is 13.1. The first-order chi connectivity index (χ1) is 16.6. The third kappa shape index (κ3) is 5.43. The minimum Gasteiger partial charge on any atom is -0.351 e. The molecule has 3 aromatic rings. The molecule has 3 aromatic heterocycles. The van der Waals surface area contributed by atoms with Crippen LogP contribution >= 0.6 is 0 Å². The molecule has 4 rings (SSSR count). The van der Waals surface area contributed by atoms with Gasteiger partial charge in [-0.15, -0.1) is 0 Å². The van der Waals surface area contributed by atoms with Crippen molar-refractivity contribution in [3.8, 4) is 0 Å². The van der Waals surface area contributed by atoms with Gasteiger partial charge in [-0.1, -0.05) is 19.9 Å². The number of amides is 1. The molecule has 1 atom stereocenters. The van der Waals surface area contributed by atoms with Crippen molar-refractivity contribution in [3.63, 3.8) is 0 Å². The number of hydrogen-bond acceptors (Lipinski definition) is 8. The van der Waals surface area contributed by atoms with E-state index in [-0.39, 0.29) is 19.0 Å². The Hall–Kier alpha value is -3.53. The van der Waals surface area contributed by atoms with Crippen molar-refractivity contribution in [2.24, 2.45) is 5.92 Å². The minimum atomic E-state index is -4.23. The number of anilines is 3. The molecule has 4 heterocycles. The van der Waals surface area contributed by atoms with Crippen LogP contribution in [0.4, 0.5) is 17.5 Å². The average Bonchev–Trinajstić information content (AvgIpc) is 3.10. The first kappa shape index (κ1) is 24.6. The molecule has 1 amide bonds. The highest BCUT2D eigenvalue weighted by Crippen LogP contribution is 2.37. The monoisotopic (exact) mass is 498 g/mol. The molecule has 10 heteroatoms. The lowest BCUT2D eigenvalue weighted by atomic mass is 9.97. The number of aryl methyl sites for hydroxylation is 1. The second-order valence-corrected chi connectivity index (χ2v) is 11.1. The largest absolute Gasteiger partial charge is 0.351 e. The topological polar surface area (TPSA) is 117 Å². The summed E-state index contributed by atoms with van der Waals surface area (Å²) >= 11 is 0. The lowest BCUT2D eigenvalue weighted by Crippen LogP contribution is -2.41. The molecule has 0 aromatic carbocycles. The van der Waals surface area contributed by atoms with E-state index in [1.165, 1.54) is 6.07 Å². The van der Waals surface area contributed by atoms with Crippen LogP contribution in [0.2, 0.25) is 0 Å². The van der Waals surface area contributed by atoms with Gasteiger partial charge in [0.1, 0.15) is 17.5 Å². The standard InChI is InChI=1S/C25H30N6O3S.2H2/c1-5-18-11-13-26-21(14-18)28-20-9-6-10-22(29-20)35(33,34)30-24(32)19-8-7-12-27-23(19)31-16-17(2)15-25(31,3)4;;/h6-14,17H,5,15-16H2,1-4H3,(H,30,32)(H,26,28,29);2*1H. The fourth-order valence-corrected chi connectivity index (χ4v) is 5.44. The van der Waals surface area contributed by atoms with Gasteiger partial charge in [-0.3, -0.25) is 4.79 Å². The van der Waals surface area contributed by atoms with Crippen molar-refractivity contribution < 1.29 is 16.1 Å². The molecule has 1 fully saturated rings. The maximum Gasteiger partial charge on any atom is 0.281 e. The molecular weight excluding hydrogens is 464 g/mol. The van der Waals surface area contributed by atoms with Crippen LogP contribution in [0.25, 0.3) is 0 Å². The highest BCUT2D eigenvalue weighted by molar-refractivity contribution is 7.90. The second-order valence-electron chi connectivity index (χ2n) is 9.43. The lowest BCUT2D eigenvalue weighted by Gasteiger charge is -2.33. The van der Waals surface area contributed by atoms with Gasteiger partial charge in [0.2, 0.25) is 0 Å². The number of aromatic nitrogens is 3. The zero-order chi connectivity index (χ0) is 25.2. The predicted molar refractivity (Wildman–Crippen MR) is 139 cm³/mol. The van der Waals surface area contributed by atoms with E-state index in [0.29, 0.717) is 23.4 Å². The van der Waals surface area contributed by atoms with Crippen LogP contribution in [-0.4, -0.2) is 41.4 Å². The summed E-state index contributed by atoms with van der Waals surface area (Å²) in [7, 11) is -4.23. The van der Waals surface area contributed by atoms with Gasteiger partial charge in [-0.2, -0.15) is 8.42 Å². The summed E-state index contributed by atoms with van der Waals surface area (Å²) in [5, 5.41) is 2.74. The van der Waals surface area contributed by atoms with E-state index in [9.17, 15) is 13.2 Å². The van der Waals surface area contributed by atoms with Gasteiger partial charge in [0.15, 0.2) is 5.03 Å². The molecule has 0 spiro atoms. The minimum absolute atomic E-state index is 0. The van der Waals surface area contributed by atoms with Gasteiger partial charge in [0.05, 0.1) is 5.56 Å². The molecular formula is C25H34N6O3S. The molecule has 35 heavy (non-hydrogen) atoms. The Labute approximate surface area is 209 Å². The van der Waals surface area contributed by atoms with Crippen molar-refractivity contribution in [2.75, 3.05) is 16.8 Å². The van der Waals surface area contributed by atoms with Gasteiger partial charge >= 0.3 is 0 Å². The van der Waals surface area contributed by atoms with Crippen LogP contribution in [0, 0.1) is 5.92 Å². The number of nitrogens with zero attached hydrogens (tertiary/aromatic N) is 4. The maximum absolute atomic E-state index is 13.1. The zero-order valence-electron chi connectivity index (χ0n) is 20.3. The number of hydrogen-bond donors (Lipinski definition) is 2. The van der Waals surface area contributed by atoms with Crippen molar-refractivity contribution in [3.05, 3.63) is 66.0 Å². The smallest absolute Gasteiger partial charge is 0.281 e. The van der Waals surface area contributed by atoms with Gasteiger partial charge < -0.3 is 10.2 Å². The summed E-state index contributed by atoms with van der Waals surface area (Å²) < 4.78 is 28.3. The van der Waals surface area contributed by atoms with Crippen LogP contribution in [0.3, 0.4) is 0 Å². The highest BCUT2D eigenvalue weighted by atomic mass is 32.2. The number of carbonyl (C=O) groups is 1. The summed E-state index contributed by atoms with van der Waals surface area (Å²) in [6, 6.07) is 11.5. The molecule has 0 bridgehead atoms. The normalized spacial score (nSPS) is 17.3. The number of pyridine rings is 3. The zero-order valence-corrected chi connectivity index (χ0v) is 21.1.